The van der Waals surface area contributed by atoms with E-state index in [4.69, 9.17) is 10.8 Å². The molecule has 90 valence electrons. The zero-order valence-electron chi connectivity index (χ0n) is 9.34. The maximum atomic E-state index is 9.19. The maximum absolute atomic E-state index is 9.19. The number of hydrogen-bond donors (Lipinski definition) is 3. The quantitative estimate of drug-likeness (QED) is 0.647. The fraction of sp³-hybridized carbons (Fsp3) is 0.545. The van der Waals surface area contributed by atoms with Gasteiger partial charge in [-0.1, -0.05) is 6.92 Å². The molecule has 4 N–H and O–H groups in total. The smallest absolute Gasteiger partial charge is 0.0864 e. The van der Waals surface area contributed by atoms with Crippen LogP contribution < -0.4 is 5.73 Å². The summed E-state index contributed by atoms with van der Waals surface area (Å²) in [4.78, 5) is 5.24. The third-order valence-electron chi connectivity index (χ3n) is 2.23. The topological polar surface area (TPSA) is 79.4 Å². The van der Waals surface area contributed by atoms with E-state index in [1.54, 1.807) is 6.20 Å². The van der Waals surface area contributed by atoms with Crippen LogP contribution in [0.4, 0.5) is 0 Å². The number of thioether (sulfide) groups is 1. The van der Waals surface area contributed by atoms with E-state index < -0.39 is 6.10 Å². The number of pyridine rings is 1. The molecule has 0 aliphatic carbocycles. The first-order valence-electron chi connectivity index (χ1n) is 5.30. The van der Waals surface area contributed by atoms with Gasteiger partial charge in [-0.3, -0.25) is 4.98 Å². The van der Waals surface area contributed by atoms with Gasteiger partial charge in [-0.25, -0.2) is 0 Å². The van der Waals surface area contributed by atoms with E-state index in [-0.39, 0.29) is 12.6 Å². The highest BCUT2D eigenvalue weighted by Crippen LogP contribution is 2.19. The van der Waals surface area contributed by atoms with E-state index in [1.807, 2.05) is 19.1 Å². The Kier molecular flexibility index (Phi) is 5.76. The Morgan fingerprint density at radius 3 is 2.75 bits per heavy atom. The fourth-order valence-corrected chi connectivity index (χ4v) is 1.93. The third kappa shape index (κ3) is 4.09. The molecule has 2 atom stereocenters. The second-order valence-corrected chi connectivity index (χ2v) is 4.67. The van der Waals surface area contributed by atoms with Crippen molar-refractivity contribution in [2.75, 3.05) is 12.4 Å². The van der Waals surface area contributed by atoms with Gasteiger partial charge in [0, 0.05) is 22.9 Å². The lowest BCUT2D eigenvalue weighted by atomic mass is 10.1. The number of nitrogens with two attached hydrogens (primary N) is 1. The van der Waals surface area contributed by atoms with Gasteiger partial charge in [-0.2, -0.15) is 0 Å². The zero-order chi connectivity index (χ0) is 12.0. The van der Waals surface area contributed by atoms with Gasteiger partial charge < -0.3 is 15.9 Å². The van der Waals surface area contributed by atoms with Crippen molar-refractivity contribution in [2.45, 2.75) is 30.4 Å². The molecule has 16 heavy (non-hydrogen) atoms. The fourth-order valence-electron chi connectivity index (χ4n) is 1.15. The van der Waals surface area contributed by atoms with Crippen LogP contribution in [0.2, 0.25) is 0 Å². The van der Waals surface area contributed by atoms with Crippen LogP contribution >= 0.6 is 11.8 Å². The summed E-state index contributed by atoms with van der Waals surface area (Å²) < 4.78 is 0. The molecule has 0 fully saturated rings. The van der Waals surface area contributed by atoms with Crippen molar-refractivity contribution >= 4 is 11.8 Å². The molecule has 0 bridgehead atoms. The summed E-state index contributed by atoms with van der Waals surface area (Å²) in [5.74, 6) is 0.470. The first-order valence-corrected chi connectivity index (χ1v) is 6.29. The largest absolute Gasteiger partial charge is 0.394 e. The summed E-state index contributed by atoms with van der Waals surface area (Å²) in [6.07, 6.45) is 1.94. The van der Waals surface area contributed by atoms with Gasteiger partial charge in [-0.15, -0.1) is 11.8 Å². The molecule has 1 rings (SSSR count). The van der Waals surface area contributed by atoms with Crippen LogP contribution in [-0.2, 0) is 0 Å². The number of aliphatic hydroxyl groups excluding tert-OH is 2. The van der Waals surface area contributed by atoms with E-state index >= 15 is 0 Å². The van der Waals surface area contributed by atoms with Gasteiger partial charge in [0.25, 0.3) is 0 Å². The summed E-state index contributed by atoms with van der Waals surface area (Å²) in [7, 11) is 0. The first kappa shape index (κ1) is 13.4. The number of rotatable bonds is 6. The lowest BCUT2D eigenvalue weighted by Crippen LogP contribution is -2.14. The lowest BCUT2D eigenvalue weighted by Gasteiger charge is -2.09. The molecule has 1 aromatic heterocycles. The van der Waals surface area contributed by atoms with E-state index in [1.165, 1.54) is 11.8 Å². The zero-order valence-corrected chi connectivity index (χ0v) is 10.2. The minimum absolute atomic E-state index is 0.0120. The normalized spacial score (nSPS) is 14.8. The van der Waals surface area contributed by atoms with E-state index in [0.717, 1.165) is 17.0 Å². The summed E-state index contributed by atoms with van der Waals surface area (Å²) in [6, 6.07) is 3.83. The Labute approximate surface area is 99.9 Å². The molecule has 0 amide bonds. The predicted molar refractivity (Wildman–Crippen MR) is 65.3 cm³/mol. The molecule has 0 saturated heterocycles. The highest BCUT2D eigenvalue weighted by atomic mass is 32.2. The van der Waals surface area contributed by atoms with E-state index in [2.05, 4.69) is 4.98 Å². The SMILES string of the molecule is CC[C@@H](N)c1ccc(SCC(O)CO)cn1. The molecule has 0 aromatic carbocycles. The van der Waals surface area contributed by atoms with Crippen LogP contribution in [-0.4, -0.2) is 33.7 Å². The van der Waals surface area contributed by atoms with Gasteiger partial charge in [0.15, 0.2) is 0 Å². The second-order valence-electron chi connectivity index (χ2n) is 3.58. The number of nitrogens with zero attached hydrogens (tertiary/aromatic N) is 1. The molecule has 0 radical (unpaired) electrons. The Morgan fingerprint density at radius 1 is 1.50 bits per heavy atom. The van der Waals surface area contributed by atoms with Gasteiger partial charge in [0.05, 0.1) is 18.4 Å². The second kappa shape index (κ2) is 6.85. The first-order chi connectivity index (χ1) is 7.67. The van der Waals surface area contributed by atoms with Crippen LogP contribution in [0.3, 0.4) is 0 Å². The van der Waals surface area contributed by atoms with Gasteiger partial charge >= 0.3 is 0 Å². The minimum Gasteiger partial charge on any atom is -0.394 e. The third-order valence-corrected chi connectivity index (χ3v) is 3.36. The van der Waals surface area contributed by atoms with Gasteiger partial charge in [0.2, 0.25) is 0 Å². The maximum Gasteiger partial charge on any atom is 0.0864 e. The van der Waals surface area contributed by atoms with Gasteiger partial charge in [0.1, 0.15) is 0 Å². The molecule has 1 unspecified atom stereocenters. The average molecular weight is 242 g/mol. The summed E-state index contributed by atoms with van der Waals surface area (Å²) in [5, 5.41) is 17.9. The van der Waals surface area contributed by atoms with Crippen LogP contribution in [0.25, 0.3) is 0 Å². The van der Waals surface area contributed by atoms with Crippen molar-refractivity contribution in [3.8, 4) is 0 Å². The molecular formula is C11H18N2O2S. The van der Waals surface area contributed by atoms with Gasteiger partial charge in [-0.05, 0) is 18.6 Å². The molecule has 0 aliphatic heterocycles. The highest BCUT2D eigenvalue weighted by Gasteiger charge is 2.06. The molecule has 0 spiro atoms. The molecular weight excluding hydrogens is 224 g/mol. The Morgan fingerprint density at radius 2 is 2.25 bits per heavy atom. The lowest BCUT2D eigenvalue weighted by molar-refractivity contribution is 0.113. The summed E-state index contributed by atoms with van der Waals surface area (Å²) in [5.41, 5.74) is 6.73. The Balaban J connectivity index is 2.51. The monoisotopic (exact) mass is 242 g/mol. The summed E-state index contributed by atoms with van der Waals surface area (Å²) >= 11 is 1.47. The molecule has 1 heterocycles. The number of aromatic nitrogens is 1. The van der Waals surface area contributed by atoms with Crippen molar-refractivity contribution in [1.29, 1.82) is 0 Å². The van der Waals surface area contributed by atoms with Crippen molar-refractivity contribution < 1.29 is 10.2 Å². The van der Waals surface area contributed by atoms with Crippen molar-refractivity contribution in [2.24, 2.45) is 5.73 Å². The molecule has 1 aromatic rings. The molecule has 4 nitrogen and oxygen atoms in total. The van der Waals surface area contributed by atoms with Crippen LogP contribution in [0.5, 0.6) is 0 Å². The van der Waals surface area contributed by atoms with Crippen molar-refractivity contribution in [3.05, 3.63) is 24.0 Å². The Hall–Kier alpha value is -0.620. The number of hydrogen-bond acceptors (Lipinski definition) is 5. The van der Waals surface area contributed by atoms with Crippen LogP contribution in [0.15, 0.2) is 23.2 Å². The molecule has 0 aliphatic rings. The summed E-state index contributed by atoms with van der Waals surface area (Å²) in [6.45, 7) is 1.81. The van der Waals surface area contributed by atoms with E-state index in [0.29, 0.717) is 5.75 Å². The van der Waals surface area contributed by atoms with Crippen LogP contribution in [0, 0.1) is 0 Å². The highest BCUT2D eigenvalue weighted by molar-refractivity contribution is 7.99. The van der Waals surface area contributed by atoms with Crippen molar-refractivity contribution in [3.63, 3.8) is 0 Å². The number of aliphatic hydroxyl groups is 2. The predicted octanol–water partition coefficient (Wildman–Crippen LogP) is 0.937. The average Bonchev–Trinajstić information content (AvgIpc) is 2.35. The molecule has 0 saturated carbocycles. The minimum atomic E-state index is -0.678. The van der Waals surface area contributed by atoms with Crippen LogP contribution in [0.1, 0.15) is 25.1 Å². The van der Waals surface area contributed by atoms with E-state index in [9.17, 15) is 5.11 Å². The standard InChI is InChI=1S/C11H18N2O2S/c1-2-10(12)11-4-3-9(5-13-11)16-7-8(15)6-14/h3-5,8,10,14-15H,2,6-7,12H2,1H3/t8?,10-/m1/s1. The van der Waals surface area contributed by atoms with Crippen molar-refractivity contribution in [1.82, 2.24) is 4.98 Å². The Bertz CT molecular complexity index is 305. The molecule has 5 heteroatoms.